The number of para-hydroxylation sites is 1. The van der Waals surface area contributed by atoms with Crippen LogP contribution in [0.2, 0.25) is 0 Å². The zero-order chi connectivity index (χ0) is 35.9. The van der Waals surface area contributed by atoms with Crippen LogP contribution in [-0.2, 0) is 0 Å². The van der Waals surface area contributed by atoms with Gasteiger partial charge in [-0.2, -0.15) is 0 Å². The third-order valence-electron chi connectivity index (χ3n) is 10.7. The first-order valence-electron chi connectivity index (χ1n) is 18.4. The predicted octanol–water partition coefficient (Wildman–Crippen LogP) is 8.61. The van der Waals surface area contributed by atoms with Crippen LogP contribution >= 0.6 is 0 Å². The van der Waals surface area contributed by atoms with E-state index in [4.69, 9.17) is 14.4 Å². The highest BCUT2D eigenvalue weighted by molar-refractivity contribution is 7.19. The van der Waals surface area contributed by atoms with Crippen molar-refractivity contribution in [2.45, 2.75) is 6.17 Å². The van der Waals surface area contributed by atoms with E-state index in [0.717, 1.165) is 49.9 Å². The van der Waals surface area contributed by atoms with Gasteiger partial charge in [-0.25, -0.2) is 9.98 Å². The molecule has 0 amide bonds. The molecule has 10 rings (SSSR count). The van der Waals surface area contributed by atoms with E-state index in [2.05, 4.69) is 181 Å². The molecule has 1 aromatic heterocycles. The lowest BCUT2D eigenvalue weighted by Gasteiger charge is -2.34. The number of benzene rings is 8. The SMILES string of the molecule is c1ccc([Si](c2ccccc2)(c2ccccc2)c2ccc(C3=NC(c4cccc5oc6ccccc6c45)NC(c4ccc5ccccc5c4)=N3)cc2)cc1. The first kappa shape index (κ1) is 31.9. The molecule has 1 aliphatic heterocycles. The third-order valence-corrected chi connectivity index (χ3v) is 15.5. The Morgan fingerprint density at radius 3 is 1.70 bits per heavy atom. The van der Waals surface area contributed by atoms with Crippen LogP contribution in [-0.4, -0.2) is 19.7 Å². The van der Waals surface area contributed by atoms with E-state index in [1.54, 1.807) is 0 Å². The zero-order valence-corrected chi connectivity index (χ0v) is 30.4. The molecule has 0 aliphatic carbocycles. The van der Waals surface area contributed by atoms with E-state index < -0.39 is 14.2 Å². The standard InChI is InChI=1S/C49H35N3OSi/c1-4-17-38(18-5-1)54(39-19-6-2-7-20-39,40-21-8-3-9-22-40)41-31-29-35(30-32-41)47-50-48(37-28-27-34-15-10-11-16-36(34)33-37)52-49(51-47)43-24-14-26-45-46(43)42-23-12-13-25-44(42)53-45/h1-33,49H,(H,50,51,52). The van der Waals surface area contributed by atoms with Gasteiger partial charge in [-0.05, 0) is 49.7 Å². The molecule has 2 heterocycles. The molecule has 0 saturated carbocycles. The van der Waals surface area contributed by atoms with Crippen LogP contribution in [0.25, 0.3) is 32.7 Å². The maximum absolute atomic E-state index is 6.31. The molecule has 0 bridgehead atoms. The van der Waals surface area contributed by atoms with Gasteiger partial charge in [0.1, 0.15) is 23.2 Å². The molecule has 54 heavy (non-hydrogen) atoms. The normalized spacial score (nSPS) is 14.5. The van der Waals surface area contributed by atoms with Crippen LogP contribution in [0.4, 0.5) is 0 Å². The van der Waals surface area contributed by atoms with Crippen LogP contribution in [0.15, 0.2) is 215 Å². The average molecular weight is 710 g/mol. The molecule has 0 fully saturated rings. The van der Waals surface area contributed by atoms with Crippen molar-refractivity contribution in [3.8, 4) is 0 Å². The van der Waals surface area contributed by atoms with Crippen LogP contribution < -0.4 is 26.1 Å². The van der Waals surface area contributed by atoms with Gasteiger partial charge in [0.15, 0.2) is 13.9 Å². The second-order valence-electron chi connectivity index (χ2n) is 13.8. The van der Waals surface area contributed by atoms with Gasteiger partial charge in [0.2, 0.25) is 0 Å². The predicted molar refractivity (Wildman–Crippen MR) is 227 cm³/mol. The second-order valence-corrected chi connectivity index (χ2v) is 17.6. The van der Waals surface area contributed by atoms with Crippen molar-refractivity contribution in [2.75, 3.05) is 0 Å². The smallest absolute Gasteiger partial charge is 0.179 e. The van der Waals surface area contributed by atoms with Crippen molar-refractivity contribution in [1.82, 2.24) is 5.32 Å². The van der Waals surface area contributed by atoms with E-state index in [1.165, 1.54) is 26.1 Å². The van der Waals surface area contributed by atoms with Crippen molar-refractivity contribution in [2.24, 2.45) is 9.98 Å². The lowest BCUT2D eigenvalue weighted by Crippen LogP contribution is -2.74. The number of furan rings is 1. The number of nitrogens with one attached hydrogen (secondary N) is 1. The summed E-state index contributed by atoms with van der Waals surface area (Å²) in [5.74, 6) is 1.47. The minimum absolute atomic E-state index is 0.394. The molecule has 0 spiro atoms. The van der Waals surface area contributed by atoms with Gasteiger partial charge in [0.25, 0.3) is 0 Å². The van der Waals surface area contributed by atoms with Crippen molar-refractivity contribution in [3.05, 3.63) is 217 Å². The van der Waals surface area contributed by atoms with Crippen LogP contribution in [0.5, 0.6) is 0 Å². The van der Waals surface area contributed by atoms with E-state index in [-0.39, 0.29) is 0 Å². The summed E-state index contributed by atoms with van der Waals surface area (Å²) in [7, 11) is -2.68. The largest absolute Gasteiger partial charge is 0.456 e. The highest BCUT2D eigenvalue weighted by Gasteiger charge is 2.41. The lowest BCUT2D eigenvalue weighted by molar-refractivity contribution is 0.662. The Morgan fingerprint density at radius 2 is 1.02 bits per heavy atom. The van der Waals surface area contributed by atoms with Crippen LogP contribution in [0.3, 0.4) is 0 Å². The molecule has 0 radical (unpaired) electrons. The monoisotopic (exact) mass is 709 g/mol. The topological polar surface area (TPSA) is 49.9 Å². The summed E-state index contributed by atoms with van der Waals surface area (Å²) in [4.78, 5) is 10.6. The highest BCUT2D eigenvalue weighted by Crippen LogP contribution is 2.35. The molecular weight excluding hydrogens is 675 g/mol. The molecule has 5 heteroatoms. The Bertz CT molecular complexity index is 2750. The first-order chi connectivity index (χ1) is 26.8. The molecule has 4 nitrogen and oxygen atoms in total. The fourth-order valence-corrected chi connectivity index (χ4v) is 12.9. The summed E-state index contributed by atoms with van der Waals surface area (Å²) >= 11 is 0. The van der Waals surface area contributed by atoms with Crippen molar-refractivity contribution in [3.63, 3.8) is 0 Å². The lowest BCUT2D eigenvalue weighted by atomic mass is 10.0. The summed E-state index contributed by atoms with van der Waals surface area (Å²) in [6, 6.07) is 71.5. The van der Waals surface area contributed by atoms with Gasteiger partial charge in [0, 0.05) is 27.5 Å². The maximum atomic E-state index is 6.31. The number of rotatable bonds is 7. The zero-order valence-electron chi connectivity index (χ0n) is 29.4. The number of fused-ring (bicyclic) bond motifs is 4. The summed E-state index contributed by atoms with van der Waals surface area (Å²) in [5.41, 5.74) is 4.72. The Morgan fingerprint density at radius 1 is 0.463 bits per heavy atom. The van der Waals surface area contributed by atoms with E-state index >= 15 is 0 Å². The number of nitrogens with zero attached hydrogens (tertiary/aromatic N) is 2. The molecule has 1 aliphatic rings. The van der Waals surface area contributed by atoms with Crippen LogP contribution in [0.1, 0.15) is 22.9 Å². The van der Waals surface area contributed by atoms with Gasteiger partial charge in [-0.1, -0.05) is 182 Å². The Balaban J connectivity index is 1.15. The summed E-state index contributed by atoms with van der Waals surface area (Å²) in [6.45, 7) is 0. The molecule has 256 valence electrons. The van der Waals surface area contributed by atoms with Crippen molar-refractivity contribution in [1.29, 1.82) is 0 Å². The highest BCUT2D eigenvalue weighted by atomic mass is 28.3. The molecule has 1 atom stereocenters. The van der Waals surface area contributed by atoms with E-state index in [9.17, 15) is 0 Å². The van der Waals surface area contributed by atoms with Gasteiger partial charge in [0.05, 0.1) is 0 Å². The third kappa shape index (κ3) is 5.37. The van der Waals surface area contributed by atoms with Crippen LogP contribution in [0, 0.1) is 0 Å². The molecular formula is C49H35N3OSi. The molecule has 8 aromatic carbocycles. The minimum Gasteiger partial charge on any atom is -0.456 e. The summed E-state index contributed by atoms with van der Waals surface area (Å²) in [6.07, 6.45) is -0.394. The quantitative estimate of drug-likeness (QED) is 0.133. The molecule has 9 aromatic rings. The average Bonchev–Trinajstić information content (AvgIpc) is 3.64. The van der Waals surface area contributed by atoms with E-state index in [0.29, 0.717) is 5.84 Å². The van der Waals surface area contributed by atoms with Gasteiger partial charge in [-0.3, -0.25) is 0 Å². The first-order valence-corrected chi connectivity index (χ1v) is 20.4. The molecule has 1 N–H and O–H groups in total. The van der Waals surface area contributed by atoms with Gasteiger partial charge >= 0.3 is 0 Å². The maximum Gasteiger partial charge on any atom is 0.179 e. The van der Waals surface area contributed by atoms with Gasteiger partial charge < -0.3 is 9.73 Å². The number of amidine groups is 2. The Kier molecular flexibility index (Phi) is 7.85. The number of aliphatic imine (C=N–C) groups is 2. The molecule has 0 saturated heterocycles. The van der Waals surface area contributed by atoms with E-state index in [1.807, 2.05) is 24.3 Å². The number of hydrogen-bond donors (Lipinski definition) is 1. The minimum atomic E-state index is -2.68. The second kappa shape index (κ2) is 13.3. The molecule has 1 unspecified atom stereocenters. The fraction of sp³-hybridized carbons (Fsp3) is 0.0204. The van der Waals surface area contributed by atoms with Crippen molar-refractivity contribution >= 4 is 73.2 Å². The van der Waals surface area contributed by atoms with Crippen molar-refractivity contribution < 1.29 is 4.42 Å². The fourth-order valence-electron chi connectivity index (χ4n) is 8.19. The summed E-state index contributed by atoms with van der Waals surface area (Å²) < 4.78 is 6.31. The Hall–Kier alpha value is -6.82. The number of hydrogen-bond acceptors (Lipinski definition) is 4. The Labute approximate surface area is 314 Å². The van der Waals surface area contributed by atoms with Gasteiger partial charge in [-0.15, -0.1) is 0 Å². The summed E-state index contributed by atoms with van der Waals surface area (Å²) in [5, 5.41) is 13.5.